The van der Waals surface area contributed by atoms with Crippen LogP contribution in [0.1, 0.15) is 6.92 Å². The Balaban J connectivity index is 3.07. The van der Waals surface area contributed by atoms with Gasteiger partial charge < -0.3 is 15.3 Å². The largest absolute Gasteiger partial charge is 0.480 e. The number of rotatable bonds is 4. The standard InChI is InChI=1S/C10H19N3O5S/c1-7(10(15)16)19(17,18)13-5-4-11-6-8(13)9(14)12(2)3/h7-8,11H,4-6H2,1-3H3,(H,15,16). The molecule has 0 aromatic heterocycles. The molecule has 0 bridgehead atoms. The van der Waals surface area contributed by atoms with Crippen LogP contribution in [0.15, 0.2) is 0 Å². The Hall–Kier alpha value is -1.19. The number of likely N-dealkylation sites (N-methyl/N-ethyl adjacent to an activating group) is 1. The first-order chi connectivity index (χ1) is 8.69. The van der Waals surface area contributed by atoms with Crippen molar-refractivity contribution in [1.82, 2.24) is 14.5 Å². The number of hydrogen-bond acceptors (Lipinski definition) is 5. The minimum absolute atomic E-state index is 0.0875. The van der Waals surface area contributed by atoms with Crippen molar-refractivity contribution in [2.45, 2.75) is 18.2 Å². The fourth-order valence-electron chi connectivity index (χ4n) is 1.83. The third-order valence-corrected chi connectivity index (χ3v) is 5.23. The van der Waals surface area contributed by atoms with Gasteiger partial charge in [-0.2, -0.15) is 4.31 Å². The van der Waals surface area contributed by atoms with E-state index in [1.807, 2.05) is 0 Å². The molecule has 9 heteroatoms. The Kier molecular flexibility index (Phi) is 4.88. The lowest BCUT2D eigenvalue weighted by molar-refractivity contribution is -0.137. The smallest absolute Gasteiger partial charge is 0.323 e. The summed E-state index contributed by atoms with van der Waals surface area (Å²) in [4.78, 5) is 24.2. The second-order valence-corrected chi connectivity index (χ2v) is 6.79. The lowest BCUT2D eigenvalue weighted by Crippen LogP contribution is -2.61. The second kappa shape index (κ2) is 5.85. The Labute approximate surface area is 112 Å². The molecule has 1 fully saturated rings. The van der Waals surface area contributed by atoms with Crippen LogP contribution < -0.4 is 5.32 Å². The zero-order chi connectivity index (χ0) is 14.8. The minimum Gasteiger partial charge on any atom is -0.480 e. The molecule has 1 aliphatic rings. The van der Waals surface area contributed by atoms with Crippen molar-refractivity contribution in [3.05, 3.63) is 0 Å². The van der Waals surface area contributed by atoms with E-state index in [4.69, 9.17) is 5.11 Å². The van der Waals surface area contributed by atoms with Crippen LogP contribution in [0.2, 0.25) is 0 Å². The summed E-state index contributed by atoms with van der Waals surface area (Å²) in [5.74, 6) is -1.79. The van der Waals surface area contributed by atoms with E-state index in [0.29, 0.717) is 6.54 Å². The zero-order valence-corrected chi connectivity index (χ0v) is 12.0. The molecule has 1 heterocycles. The molecule has 1 aliphatic heterocycles. The van der Waals surface area contributed by atoms with Crippen molar-refractivity contribution in [3.63, 3.8) is 0 Å². The topological polar surface area (TPSA) is 107 Å². The van der Waals surface area contributed by atoms with Gasteiger partial charge in [-0.3, -0.25) is 9.59 Å². The van der Waals surface area contributed by atoms with Gasteiger partial charge in [0, 0.05) is 33.7 Å². The number of carboxylic acid groups (broad SMARTS) is 1. The minimum atomic E-state index is -4.04. The van der Waals surface area contributed by atoms with Gasteiger partial charge in [-0.1, -0.05) is 0 Å². The van der Waals surface area contributed by atoms with Crippen LogP contribution in [-0.2, 0) is 19.6 Å². The SMILES string of the molecule is CC(C(=O)O)S(=O)(=O)N1CCNCC1C(=O)N(C)C. The van der Waals surface area contributed by atoms with Crippen molar-refractivity contribution in [2.24, 2.45) is 0 Å². The summed E-state index contributed by atoms with van der Waals surface area (Å²) in [6.45, 7) is 1.77. The van der Waals surface area contributed by atoms with Gasteiger partial charge in [0.05, 0.1) is 0 Å². The average molecular weight is 293 g/mol. The lowest BCUT2D eigenvalue weighted by Gasteiger charge is -2.36. The van der Waals surface area contributed by atoms with E-state index in [1.54, 1.807) is 0 Å². The molecular formula is C10H19N3O5S. The maximum atomic E-state index is 12.2. The number of carbonyl (C=O) groups excluding carboxylic acids is 1. The van der Waals surface area contributed by atoms with Gasteiger partial charge in [0.1, 0.15) is 6.04 Å². The zero-order valence-electron chi connectivity index (χ0n) is 11.2. The van der Waals surface area contributed by atoms with Gasteiger partial charge in [0.15, 0.2) is 5.25 Å². The highest BCUT2D eigenvalue weighted by atomic mass is 32.2. The van der Waals surface area contributed by atoms with Crippen LogP contribution in [0, 0.1) is 0 Å². The fraction of sp³-hybridized carbons (Fsp3) is 0.800. The molecule has 0 aromatic rings. The van der Waals surface area contributed by atoms with Crippen LogP contribution in [0.4, 0.5) is 0 Å². The van der Waals surface area contributed by atoms with Gasteiger partial charge in [0.25, 0.3) is 0 Å². The number of amides is 1. The quantitative estimate of drug-likeness (QED) is 0.630. The van der Waals surface area contributed by atoms with Gasteiger partial charge in [-0.15, -0.1) is 0 Å². The van der Waals surface area contributed by atoms with E-state index < -0.39 is 27.3 Å². The second-order valence-electron chi connectivity index (χ2n) is 4.59. The summed E-state index contributed by atoms with van der Waals surface area (Å²) in [6, 6.07) is -0.893. The number of aliphatic carboxylic acids is 1. The van der Waals surface area contributed by atoms with Gasteiger partial charge in [-0.05, 0) is 6.92 Å². The molecule has 1 rings (SSSR count). The van der Waals surface area contributed by atoms with Crippen LogP contribution in [0.3, 0.4) is 0 Å². The van der Waals surface area contributed by atoms with Crippen molar-refractivity contribution >= 4 is 21.9 Å². The number of nitrogens with zero attached hydrogens (tertiary/aromatic N) is 2. The van der Waals surface area contributed by atoms with Crippen molar-refractivity contribution < 1.29 is 23.1 Å². The normalized spacial score (nSPS) is 22.8. The lowest BCUT2D eigenvalue weighted by atomic mass is 10.2. The number of carboxylic acids is 1. The molecule has 2 N–H and O–H groups in total. The predicted octanol–water partition coefficient (Wildman–Crippen LogP) is -1.85. The summed E-state index contributed by atoms with van der Waals surface area (Å²) < 4.78 is 25.4. The van der Waals surface area contributed by atoms with Gasteiger partial charge >= 0.3 is 5.97 Å². The van der Waals surface area contributed by atoms with Gasteiger partial charge in [-0.25, -0.2) is 8.42 Å². The van der Waals surface area contributed by atoms with Crippen molar-refractivity contribution in [2.75, 3.05) is 33.7 Å². The van der Waals surface area contributed by atoms with Gasteiger partial charge in [0.2, 0.25) is 15.9 Å². The van der Waals surface area contributed by atoms with E-state index in [9.17, 15) is 18.0 Å². The summed E-state index contributed by atoms with van der Waals surface area (Å²) in [7, 11) is -0.982. The first-order valence-electron chi connectivity index (χ1n) is 5.85. The van der Waals surface area contributed by atoms with Crippen molar-refractivity contribution in [1.29, 1.82) is 0 Å². The highest BCUT2D eigenvalue weighted by Crippen LogP contribution is 2.16. The predicted molar refractivity (Wildman–Crippen MR) is 68.1 cm³/mol. The monoisotopic (exact) mass is 293 g/mol. The summed E-state index contributed by atoms with van der Waals surface area (Å²) in [5.41, 5.74) is 0. The maximum absolute atomic E-state index is 12.2. The maximum Gasteiger partial charge on any atom is 0.323 e. The molecule has 0 saturated carbocycles. The Bertz CT molecular complexity index is 462. The van der Waals surface area contributed by atoms with E-state index in [-0.39, 0.29) is 19.0 Å². The molecule has 0 aromatic carbocycles. The molecule has 1 saturated heterocycles. The molecular weight excluding hydrogens is 274 g/mol. The van der Waals surface area contributed by atoms with Crippen LogP contribution in [0.25, 0.3) is 0 Å². The summed E-state index contributed by atoms with van der Waals surface area (Å²) in [6.07, 6.45) is 0. The number of carbonyl (C=O) groups is 2. The van der Waals surface area contributed by atoms with Crippen LogP contribution in [0.5, 0.6) is 0 Å². The number of hydrogen-bond donors (Lipinski definition) is 2. The number of piperazine rings is 1. The Morgan fingerprint density at radius 3 is 2.47 bits per heavy atom. The molecule has 0 radical (unpaired) electrons. The third kappa shape index (κ3) is 3.23. The van der Waals surface area contributed by atoms with E-state index in [0.717, 1.165) is 11.2 Å². The molecule has 19 heavy (non-hydrogen) atoms. The fourth-order valence-corrected chi connectivity index (χ4v) is 3.36. The molecule has 2 atom stereocenters. The molecule has 0 spiro atoms. The third-order valence-electron chi connectivity index (χ3n) is 3.04. The molecule has 1 amide bonds. The average Bonchev–Trinajstić information content (AvgIpc) is 2.36. The number of sulfonamides is 1. The molecule has 8 nitrogen and oxygen atoms in total. The highest BCUT2D eigenvalue weighted by molar-refractivity contribution is 7.90. The first-order valence-corrected chi connectivity index (χ1v) is 7.35. The Morgan fingerprint density at radius 2 is 2.00 bits per heavy atom. The molecule has 2 unspecified atom stereocenters. The summed E-state index contributed by atoms with van der Waals surface area (Å²) in [5, 5.41) is 10.2. The van der Waals surface area contributed by atoms with Crippen LogP contribution in [-0.4, -0.2) is 79.6 Å². The summed E-state index contributed by atoms with van der Waals surface area (Å²) >= 11 is 0. The van der Waals surface area contributed by atoms with Crippen molar-refractivity contribution in [3.8, 4) is 0 Å². The molecule has 0 aliphatic carbocycles. The van der Waals surface area contributed by atoms with E-state index >= 15 is 0 Å². The molecule has 110 valence electrons. The van der Waals surface area contributed by atoms with Crippen LogP contribution >= 0.6 is 0 Å². The Morgan fingerprint density at radius 1 is 1.42 bits per heavy atom. The highest BCUT2D eigenvalue weighted by Gasteiger charge is 2.42. The first kappa shape index (κ1) is 15.9. The number of nitrogens with one attached hydrogen (secondary N) is 1. The van der Waals surface area contributed by atoms with E-state index in [2.05, 4.69) is 5.32 Å². The van der Waals surface area contributed by atoms with E-state index in [1.165, 1.54) is 19.0 Å².